The quantitative estimate of drug-likeness (QED) is 0.597. The first-order chi connectivity index (χ1) is 15.5. The highest BCUT2D eigenvalue weighted by Crippen LogP contribution is 2.31. The van der Waals surface area contributed by atoms with Gasteiger partial charge in [-0.25, -0.2) is 14.4 Å². The van der Waals surface area contributed by atoms with Crippen LogP contribution in [0.1, 0.15) is 52.7 Å². The summed E-state index contributed by atoms with van der Waals surface area (Å²) < 4.78 is 19.1. The van der Waals surface area contributed by atoms with E-state index in [1.54, 1.807) is 32.4 Å². The number of nitrogens with one attached hydrogen (secondary N) is 1. The summed E-state index contributed by atoms with van der Waals surface area (Å²) in [4.78, 5) is 24.3. The molecule has 32 heavy (non-hydrogen) atoms. The monoisotopic (exact) mass is 434 g/mol. The molecule has 0 radical (unpaired) electrons. The van der Waals surface area contributed by atoms with E-state index in [-0.39, 0.29) is 11.7 Å². The predicted molar refractivity (Wildman–Crippen MR) is 121 cm³/mol. The van der Waals surface area contributed by atoms with Crippen molar-refractivity contribution in [3.63, 3.8) is 0 Å². The van der Waals surface area contributed by atoms with Crippen molar-refractivity contribution in [3.8, 4) is 5.75 Å². The molecular formula is C25H27FN4O2. The van der Waals surface area contributed by atoms with Gasteiger partial charge >= 0.3 is 0 Å². The number of benzene rings is 2. The summed E-state index contributed by atoms with van der Waals surface area (Å²) in [6, 6.07) is 14.3. The molecule has 6 nitrogen and oxygen atoms in total. The van der Waals surface area contributed by atoms with Crippen LogP contribution in [-0.4, -0.2) is 34.4 Å². The third kappa shape index (κ3) is 4.94. The van der Waals surface area contributed by atoms with E-state index >= 15 is 0 Å². The fraction of sp³-hybridized carbons (Fsp3) is 0.320. The van der Waals surface area contributed by atoms with Crippen molar-refractivity contribution in [2.45, 2.75) is 38.8 Å². The zero-order chi connectivity index (χ0) is 22.5. The molecule has 166 valence electrons. The summed E-state index contributed by atoms with van der Waals surface area (Å²) in [6.07, 6.45) is 4.76. The number of para-hydroxylation sites is 1. The number of carbonyl (C=O) groups excluding carboxylic acids is 1. The SMILES string of the molecule is COc1ccc(CN2CCCC[C@H]2c2ncc(C(=O)Nc3ccccc3F)c(C)n2)cc1. The largest absolute Gasteiger partial charge is 0.497 e. The molecule has 2 aromatic carbocycles. The summed E-state index contributed by atoms with van der Waals surface area (Å²) in [6.45, 7) is 3.55. The number of amides is 1. The first-order valence-electron chi connectivity index (χ1n) is 10.8. The number of rotatable bonds is 6. The zero-order valence-corrected chi connectivity index (χ0v) is 18.3. The van der Waals surface area contributed by atoms with Crippen LogP contribution < -0.4 is 10.1 Å². The Kier molecular flexibility index (Phi) is 6.75. The van der Waals surface area contributed by atoms with E-state index in [2.05, 4.69) is 32.3 Å². The van der Waals surface area contributed by atoms with E-state index in [0.29, 0.717) is 11.3 Å². The Morgan fingerprint density at radius 2 is 1.97 bits per heavy atom. The van der Waals surface area contributed by atoms with Crippen molar-refractivity contribution in [2.24, 2.45) is 0 Å². The fourth-order valence-corrected chi connectivity index (χ4v) is 4.06. The van der Waals surface area contributed by atoms with Crippen LogP contribution >= 0.6 is 0 Å². The Bertz CT molecular complexity index is 1090. The Morgan fingerprint density at radius 1 is 1.19 bits per heavy atom. The number of halogens is 1. The molecule has 3 aromatic rings. The van der Waals surface area contributed by atoms with Crippen LogP contribution in [0.2, 0.25) is 0 Å². The Balaban J connectivity index is 1.50. The molecule has 1 fully saturated rings. The van der Waals surface area contributed by atoms with E-state index in [1.807, 2.05) is 12.1 Å². The van der Waals surface area contributed by atoms with Crippen LogP contribution in [-0.2, 0) is 6.54 Å². The zero-order valence-electron chi connectivity index (χ0n) is 18.3. The van der Waals surface area contributed by atoms with Crippen molar-refractivity contribution in [1.29, 1.82) is 0 Å². The van der Waals surface area contributed by atoms with Gasteiger partial charge in [0.25, 0.3) is 5.91 Å². The molecule has 0 unspecified atom stereocenters. The second kappa shape index (κ2) is 9.87. The number of aromatic nitrogens is 2. The van der Waals surface area contributed by atoms with Gasteiger partial charge in [0, 0.05) is 12.7 Å². The standard InChI is InChI=1S/C25H27FN4O2/c1-17-20(25(31)29-22-8-4-3-7-21(22)26)15-27-24(28-17)23-9-5-6-14-30(23)16-18-10-12-19(32-2)13-11-18/h3-4,7-8,10-13,15,23H,5-6,9,14,16H2,1-2H3,(H,29,31)/t23-/m0/s1. The molecule has 7 heteroatoms. The summed E-state index contributed by atoms with van der Waals surface area (Å²) in [5, 5.41) is 2.60. The maximum absolute atomic E-state index is 13.9. The van der Waals surface area contributed by atoms with Gasteiger partial charge in [-0.1, -0.05) is 30.7 Å². The number of carbonyl (C=O) groups is 1. The fourth-order valence-electron chi connectivity index (χ4n) is 4.06. The van der Waals surface area contributed by atoms with Gasteiger partial charge in [0.05, 0.1) is 30.1 Å². The maximum atomic E-state index is 13.9. The number of methoxy groups -OCH3 is 1. The lowest BCUT2D eigenvalue weighted by atomic mass is 10.00. The van der Waals surface area contributed by atoms with Crippen LogP contribution in [0.15, 0.2) is 54.7 Å². The van der Waals surface area contributed by atoms with Gasteiger partial charge in [-0.2, -0.15) is 0 Å². The normalized spacial score (nSPS) is 16.5. The number of aryl methyl sites for hydroxylation is 1. The number of piperidine rings is 1. The van der Waals surface area contributed by atoms with Gasteiger partial charge < -0.3 is 10.1 Å². The minimum Gasteiger partial charge on any atom is -0.497 e. The molecule has 0 spiro atoms. The van der Waals surface area contributed by atoms with Gasteiger partial charge in [0.2, 0.25) is 0 Å². The molecule has 4 rings (SSSR count). The van der Waals surface area contributed by atoms with Gasteiger partial charge in [0.15, 0.2) is 0 Å². The lowest BCUT2D eigenvalue weighted by Crippen LogP contribution is -2.34. The molecule has 1 N–H and O–H groups in total. The van der Waals surface area contributed by atoms with Crippen LogP contribution in [0, 0.1) is 12.7 Å². The number of anilines is 1. The number of likely N-dealkylation sites (tertiary alicyclic amines) is 1. The lowest BCUT2D eigenvalue weighted by Gasteiger charge is -2.34. The highest BCUT2D eigenvalue weighted by molar-refractivity contribution is 6.04. The summed E-state index contributed by atoms with van der Waals surface area (Å²) in [7, 11) is 1.66. The van der Waals surface area contributed by atoms with E-state index in [9.17, 15) is 9.18 Å². The van der Waals surface area contributed by atoms with Gasteiger partial charge in [-0.05, 0) is 56.1 Å². The minimum atomic E-state index is -0.479. The average molecular weight is 435 g/mol. The molecule has 2 heterocycles. The third-order valence-electron chi connectivity index (χ3n) is 5.82. The molecular weight excluding hydrogens is 407 g/mol. The highest BCUT2D eigenvalue weighted by Gasteiger charge is 2.27. The third-order valence-corrected chi connectivity index (χ3v) is 5.82. The van der Waals surface area contributed by atoms with E-state index in [0.717, 1.165) is 43.9 Å². The number of ether oxygens (including phenoxy) is 1. The average Bonchev–Trinajstić information content (AvgIpc) is 2.81. The molecule has 1 amide bonds. The second-order valence-corrected chi connectivity index (χ2v) is 7.99. The first-order valence-corrected chi connectivity index (χ1v) is 10.8. The van der Waals surface area contributed by atoms with Gasteiger partial charge in [-0.3, -0.25) is 9.69 Å². The van der Waals surface area contributed by atoms with Crippen molar-refractivity contribution >= 4 is 11.6 Å². The maximum Gasteiger partial charge on any atom is 0.259 e. The smallest absolute Gasteiger partial charge is 0.259 e. The van der Waals surface area contributed by atoms with Crippen LogP contribution in [0.4, 0.5) is 10.1 Å². The summed E-state index contributed by atoms with van der Waals surface area (Å²) >= 11 is 0. The van der Waals surface area contributed by atoms with Crippen molar-refractivity contribution < 1.29 is 13.9 Å². The van der Waals surface area contributed by atoms with Crippen LogP contribution in [0.3, 0.4) is 0 Å². The first kappa shape index (κ1) is 21.9. The Hall–Kier alpha value is -3.32. The van der Waals surface area contributed by atoms with Crippen molar-refractivity contribution in [1.82, 2.24) is 14.9 Å². The molecule has 0 bridgehead atoms. The number of nitrogens with zero attached hydrogens (tertiary/aromatic N) is 3. The van der Waals surface area contributed by atoms with E-state index in [1.165, 1.54) is 17.7 Å². The summed E-state index contributed by atoms with van der Waals surface area (Å²) in [5.74, 6) is 0.663. The molecule has 1 aliphatic rings. The van der Waals surface area contributed by atoms with Crippen LogP contribution in [0.25, 0.3) is 0 Å². The second-order valence-electron chi connectivity index (χ2n) is 7.99. The Labute approximate surface area is 187 Å². The number of hydrogen-bond acceptors (Lipinski definition) is 5. The molecule has 1 aromatic heterocycles. The predicted octanol–water partition coefficient (Wildman–Crippen LogP) is 4.91. The Morgan fingerprint density at radius 3 is 2.69 bits per heavy atom. The van der Waals surface area contributed by atoms with Crippen molar-refractivity contribution in [3.05, 3.63) is 83.2 Å². The molecule has 0 saturated carbocycles. The summed E-state index contributed by atoms with van der Waals surface area (Å²) in [5.41, 5.74) is 2.27. The molecule has 1 aliphatic heterocycles. The van der Waals surface area contributed by atoms with E-state index < -0.39 is 11.7 Å². The lowest BCUT2D eigenvalue weighted by molar-refractivity contribution is 0.102. The highest BCUT2D eigenvalue weighted by atomic mass is 19.1. The minimum absolute atomic E-state index is 0.0910. The molecule has 1 saturated heterocycles. The van der Waals surface area contributed by atoms with Crippen LogP contribution in [0.5, 0.6) is 5.75 Å². The van der Waals surface area contributed by atoms with Gasteiger partial charge in [0.1, 0.15) is 17.4 Å². The van der Waals surface area contributed by atoms with Crippen molar-refractivity contribution in [2.75, 3.05) is 19.0 Å². The molecule has 1 atom stereocenters. The van der Waals surface area contributed by atoms with Gasteiger partial charge in [-0.15, -0.1) is 0 Å². The number of hydrogen-bond donors (Lipinski definition) is 1. The molecule has 0 aliphatic carbocycles. The topological polar surface area (TPSA) is 67.3 Å². The van der Waals surface area contributed by atoms with E-state index in [4.69, 9.17) is 4.74 Å².